The van der Waals surface area contributed by atoms with Gasteiger partial charge in [0.2, 0.25) is 5.91 Å². The van der Waals surface area contributed by atoms with Gasteiger partial charge in [0, 0.05) is 6.42 Å². The third-order valence-electron chi connectivity index (χ3n) is 3.55. The lowest BCUT2D eigenvalue weighted by atomic mass is 9.95. The van der Waals surface area contributed by atoms with Crippen molar-refractivity contribution < 1.29 is 4.79 Å². The topological polar surface area (TPSA) is 41.1 Å². The average molecular weight is 246 g/mol. The van der Waals surface area contributed by atoms with Crippen LogP contribution in [-0.4, -0.2) is 19.0 Å². The zero-order chi connectivity index (χ0) is 12.8. The van der Waals surface area contributed by atoms with Crippen LogP contribution in [0.2, 0.25) is 0 Å². The molecule has 2 atom stereocenters. The standard InChI is InChI=1S/C15H22N2O/c1-12(14-7-3-2-4-8-14)17-15(18)10-13-6-5-9-16-11-13/h2-4,7-8,12-13,16H,5-6,9-11H2,1H3,(H,17,18)/t12-,13?/m1/s1. The SMILES string of the molecule is C[C@@H](NC(=O)CC1CCCNC1)c1ccccc1. The normalized spacial score (nSPS) is 21.3. The van der Waals surface area contributed by atoms with Crippen molar-refractivity contribution in [1.82, 2.24) is 10.6 Å². The van der Waals surface area contributed by atoms with Gasteiger partial charge in [0.25, 0.3) is 0 Å². The Labute approximate surface area is 109 Å². The second kappa shape index (κ2) is 6.55. The largest absolute Gasteiger partial charge is 0.350 e. The molecule has 1 aromatic rings. The Kier molecular flexibility index (Phi) is 4.76. The predicted molar refractivity (Wildman–Crippen MR) is 73.2 cm³/mol. The Hall–Kier alpha value is -1.35. The van der Waals surface area contributed by atoms with Crippen LogP contribution < -0.4 is 10.6 Å². The number of amides is 1. The molecule has 1 aliphatic heterocycles. The van der Waals surface area contributed by atoms with E-state index in [2.05, 4.69) is 10.6 Å². The molecule has 0 spiro atoms. The minimum absolute atomic E-state index is 0.0928. The fourth-order valence-corrected chi connectivity index (χ4v) is 2.49. The van der Waals surface area contributed by atoms with E-state index in [0.29, 0.717) is 12.3 Å². The van der Waals surface area contributed by atoms with Crippen LogP contribution in [0.1, 0.15) is 37.8 Å². The number of carbonyl (C=O) groups excluding carboxylic acids is 1. The lowest BCUT2D eigenvalue weighted by molar-refractivity contribution is -0.122. The Bertz CT molecular complexity index is 371. The van der Waals surface area contributed by atoms with Crippen molar-refractivity contribution >= 4 is 5.91 Å². The summed E-state index contributed by atoms with van der Waals surface area (Å²) in [5.74, 6) is 0.668. The van der Waals surface area contributed by atoms with E-state index in [1.165, 1.54) is 12.8 Å². The summed E-state index contributed by atoms with van der Waals surface area (Å²) in [6.07, 6.45) is 3.00. The van der Waals surface area contributed by atoms with E-state index in [1.807, 2.05) is 37.3 Å². The number of piperidine rings is 1. The van der Waals surface area contributed by atoms with Crippen molar-refractivity contribution in [2.45, 2.75) is 32.2 Å². The molecule has 0 radical (unpaired) electrons. The maximum Gasteiger partial charge on any atom is 0.220 e. The first-order chi connectivity index (χ1) is 8.75. The van der Waals surface area contributed by atoms with Crippen molar-refractivity contribution in [2.75, 3.05) is 13.1 Å². The Balaban J connectivity index is 1.80. The molecule has 0 aliphatic carbocycles. The van der Waals surface area contributed by atoms with E-state index >= 15 is 0 Å². The fraction of sp³-hybridized carbons (Fsp3) is 0.533. The van der Waals surface area contributed by atoms with Gasteiger partial charge in [-0.3, -0.25) is 4.79 Å². The van der Waals surface area contributed by atoms with Gasteiger partial charge in [-0.05, 0) is 44.3 Å². The van der Waals surface area contributed by atoms with Crippen molar-refractivity contribution in [2.24, 2.45) is 5.92 Å². The highest BCUT2D eigenvalue weighted by Gasteiger charge is 2.17. The summed E-state index contributed by atoms with van der Waals surface area (Å²) >= 11 is 0. The second-order valence-corrected chi connectivity index (χ2v) is 5.12. The lowest BCUT2D eigenvalue weighted by Gasteiger charge is -2.23. The molecule has 0 saturated carbocycles. The fourth-order valence-electron chi connectivity index (χ4n) is 2.49. The molecular weight excluding hydrogens is 224 g/mol. The molecule has 1 amide bonds. The van der Waals surface area contributed by atoms with Crippen molar-refractivity contribution in [3.8, 4) is 0 Å². The molecule has 18 heavy (non-hydrogen) atoms. The summed E-state index contributed by atoms with van der Waals surface area (Å²) in [5, 5.41) is 6.42. The molecule has 1 heterocycles. The molecular formula is C15H22N2O. The first-order valence-electron chi connectivity index (χ1n) is 6.80. The summed E-state index contributed by atoms with van der Waals surface area (Å²) in [5.41, 5.74) is 1.16. The van der Waals surface area contributed by atoms with Crippen LogP contribution in [0.15, 0.2) is 30.3 Å². The van der Waals surface area contributed by atoms with E-state index in [-0.39, 0.29) is 11.9 Å². The molecule has 3 nitrogen and oxygen atoms in total. The second-order valence-electron chi connectivity index (χ2n) is 5.12. The minimum Gasteiger partial charge on any atom is -0.350 e. The van der Waals surface area contributed by atoms with Crippen LogP contribution >= 0.6 is 0 Å². The van der Waals surface area contributed by atoms with Crippen LogP contribution in [-0.2, 0) is 4.79 Å². The first kappa shape index (κ1) is 13.1. The number of hydrogen-bond acceptors (Lipinski definition) is 2. The van der Waals surface area contributed by atoms with Gasteiger partial charge >= 0.3 is 0 Å². The minimum atomic E-state index is 0.0928. The Morgan fingerprint density at radius 2 is 2.22 bits per heavy atom. The average Bonchev–Trinajstić information content (AvgIpc) is 2.40. The van der Waals surface area contributed by atoms with Crippen LogP contribution in [0.25, 0.3) is 0 Å². The van der Waals surface area contributed by atoms with Gasteiger partial charge in [-0.15, -0.1) is 0 Å². The number of hydrogen-bond donors (Lipinski definition) is 2. The number of benzene rings is 1. The van der Waals surface area contributed by atoms with Gasteiger partial charge in [-0.25, -0.2) is 0 Å². The molecule has 1 saturated heterocycles. The van der Waals surface area contributed by atoms with Crippen LogP contribution in [0.5, 0.6) is 0 Å². The van der Waals surface area contributed by atoms with Gasteiger partial charge in [-0.1, -0.05) is 30.3 Å². The van der Waals surface area contributed by atoms with Gasteiger partial charge in [0.1, 0.15) is 0 Å². The molecule has 1 aliphatic rings. The smallest absolute Gasteiger partial charge is 0.220 e. The Morgan fingerprint density at radius 1 is 1.44 bits per heavy atom. The van der Waals surface area contributed by atoms with Crippen LogP contribution in [0.3, 0.4) is 0 Å². The first-order valence-corrected chi connectivity index (χ1v) is 6.80. The van der Waals surface area contributed by atoms with Crippen LogP contribution in [0, 0.1) is 5.92 Å². The molecule has 0 bridgehead atoms. The van der Waals surface area contributed by atoms with Crippen molar-refractivity contribution in [3.63, 3.8) is 0 Å². The molecule has 2 rings (SSSR count). The van der Waals surface area contributed by atoms with E-state index in [4.69, 9.17) is 0 Å². The number of rotatable bonds is 4. The quantitative estimate of drug-likeness (QED) is 0.855. The molecule has 1 aromatic carbocycles. The summed E-state index contributed by atoms with van der Waals surface area (Å²) in [4.78, 5) is 12.0. The van der Waals surface area contributed by atoms with Gasteiger partial charge in [-0.2, -0.15) is 0 Å². The summed E-state index contributed by atoms with van der Waals surface area (Å²) in [6.45, 7) is 4.11. The molecule has 2 N–H and O–H groups in total. The van der Waals surface area contributed by atoms with Gasteiger partial charge < -0.3 is 10.6 Å². The molecule has 98 valence electrons. The summed E-state index contributed by atoms with van der Waals surface area (Å²) in [6, 6.07) is 10.2. The monoisotopic (exact) mass is 246 g/mol. The third kappa shape index (κ3) is 3.84. The highest BCUT2D eigenvalue weighted by atomic mass is 16.1. The van der Waals surface area contributed by atoms with Crippen LogP contribution in [0.4, 0.5) is 0 Å². The van der Waals surface area contributed by atoms with E-state index in [1.54, 1.807) is 0 Å². The maximum atomic E-state index is 12.0. The third-order valence-corrected chi connectivity index (χ3v) is 3.55. The lowest BCUT2D eigenvalue weighted by Crippen LogP contribution is -2.35. The zero-order valence-corrected chi connectivity index (χ0v) is 11.0. The highest BCUT2D eigenvalue weighted by Crippen LogP contribution is 2.16. The van der Waals surface area contributed by atoms with Gasteiger partial charge in [0.15, 0.2) is 0 Å². The van der Waals surface area contributed by atoms with Crippen molar-refractivity contribution in [3.05, 3.63) is 35.9 Å². The predicted octanol–water partition coefficient (Wildman–Crippen LogP) is 2.25. The molecule has 1 fully saturated rings. The molecule has 3 heteroatoms. The molecule has 0 aromatic heterocycles. The number of carbonyl (C=O) groups is 1. The summed E-state index contributed by atoms with van der Waals surface area (Å²) < 4.78 is 0. The van der Waals surface area contributed by atoms with Gasteiger partial charge in [0.05, 0.1) is 6.04 Å². The van der Waals surface area contributed by atoms with Crippen molar-refractivity contribution in [1.29, 1.82) is 0 Å². The molecule has 1 unspecified atom stereocenters. The van der Waals surface area contributed by atoms with E-state index in [0.717, 1.165) is 18.7 Å². The highest BCUT2D eigenvalue weighted by molar-refractivity contribution is 5.76. The van der Waals surface area contributed by atoms with E-state index < -0.39 is 0 Å². The number of nitrogens with one attached hydrogen (secondary N) is 2. The van der Waals surface area contributed by atoms with E-state index in [9.17, 15) is 4.79 Å². The zero-order valence-electron chi connectivity index (χ0n) is 11.0. The maximum absolute atomic E-state index is 12.0. The summed E-state index contributed by atoms with van der Waals surface area (Å²) in [7, 11) is 0. The Morgan fingerprint density at radius 3 is 2.89 bits per heavy atom.